The molecule has 24 heavy (non-hydrogen) atoms. The molecule has 0 bridgehead atoms. The molecule has 134 valence electrons. The van der Waals surface area contributed by atoms with Gasteiger partial charge in [0.1, 0.15) is 0 Å². The molecule has 1 amide bonds. The standard InChI is InChI=1S/C19H30N2O3/c1-15(2)14-20-9-11-21(12-10-20)19(22)8-6-16-5-7-17(23-3)18(13-16)24-4/h5,7,13,15H,6,8-12,14H2,1-4H3. The Bertz CT molecular complexity index is 537. The topological polar surface area (TPSA) is 42.0 Å². The van der Waals surface area contributed by atoms with Gasteiger partial charge in [0.05, 0.1) is 14.2 Å². The number of carbonyl (C=O) groups is 1. The van der Waals surface area contributed by atoms with E-state index in [1.54, 1.807) is 14.2 Å². The van der Waals surface area contributed by atoms with E-state index in [1.165, 1.54) is 0 Å². The number of methoxy groups -OCH3 is 2. The Labute approximate surface area is 145 Å². The Morgan fingerprint density at radius 1 is 1.08 bits per heavy atom. The third-order valence-corrected chi connectivity index (χ3v) is 4.42. The highest BCUT2D eigenvalue weighted by Gasteiger charge is 2.21. The number of rotatable bonds is 7. The lowest BCUT2D eigenvalue weighted by Gasteiger charge is -2.35. The maximum Gasteiger partial charge on any atom is 0.222 e. The molecule has 5 nitrogen and oxygen atoms in total. The molecular formula is C19H30N2O3. The maximum absolute atomic E-state index is 12.4. The molecule has 5 heteroatoms. The Kier molecular flexibility index (Phi) is 6.91. The summed E-state index contributed by atoms with van der Waals surface area (Å²) < 4.78 is 10.6. The van der Waals surface area contributed by atoms with Crippen molar-refractivity contribution in [1.82, 2.24) is 9.80 Å². The lowest BCUT2D eigenvalue weighted by Crippen LogP contribution is -2.49. The number of amides is 1. The molecule has 1 fully saturated rings. The van der Waals surface area contributed by atoms with Gasteiger partial charge in [-0.15, -0.1) is 0 Å². The monoisotopic (exact) mass is 334 g/mol. The van der Waals surface area contributed by atoms with Crippen molar-refractivity contribution in [1.29, 1.82) is 0 Å². The average molecular weight is 334 g/mol. The second kappa shape index (κ2) is 8.92. The summed E-state index contributed by atoms with van der Waals surface area (Å²) >= 11 is 0. The summed E-state index contributed by atoms with van der Waals surface area (Å²) in [5.74, 6) is 2.35. The molecule has 0 saturated carbocycles. The molecule has 0 unspecified atom stereocenters. The smallest absolute Gasteiger partial charge is 0.222 e. The van der Waals surface area contributed by atoms with Gasteiger partial charge < -0.3 is 14.4 Å². The van der Waals surface area contributed by atoms with Crippen LogP contribution in [-0.2, 0) is 11.2 Å². The van der Waals surface area contributed by atoms with Crippen molar-refractivity contribution >= 4 is 5.91 Å². The Morgan fingerprint density at radius 2 is 1.75 bits per heavy atom. The number of aryl methyl sites for hydroxylation is 1. The van der Waals surface area contributed by atoms with E-state index in [-0.39, 0.29) is 5.91 Å². The zero-order valence-corrected chi connectivity index (χ0v) is 15.4. The van der Waals surface area contributed by atoms with Crippen LogP contribution in [0, 0.1) is 5.92 Å². The van der Waals surface area contributed by atoms with Crippen LogP contribution in [0.4, 0.5) is 0 Å². The van der Waals surface area contributed by atoms with Crippen molar-refractivity contribution < 1.29 is 14.3 Å². The largest absolute Gasteiger partial charge is 0.493 e. The van der Waals surface area contributed by atoms with Crippen LogP contribution < -0.4 is 9.47 Å². The summed E-state index contributed by atoms with van der Waals surface area (Å²) in [5, 5.41) is 0. The summed E-state index contributed by atoms with van der Waals surface area (Å²) in [6.07, 6.45) is 1.27. The average Bonchev–Trinajstić information content (AvgIpc) is 2.59. The molecule has 1 aliphatic heterocycles. The fourth-order valence-corrected chi connectivity index (χ4v) is 3.14. The normalized spacial score (nSPS) is 15.6. The zero-order valence-electron chi connectivity index (χ0n) is 15.4. The van der Waals surface area contributed by atoms with Gasteiger partial charge in [0, 0.05) is 39.1 Å². The summed E-state index contributed by atoms with van der Waals surface area (Å²) in [6.45, 7) is 9.25. The van der Waals surface area contributed by atoms with Gasteiger partial charge in [0.25, 0.3) is 0 Å². The van der Waals surface area contributed by atoms with Crippen LogP contribution in [0.15, 0.2) is 18.2 Å². The summed E-state index contributed by atoms with van der Waals surface area (Å²) in [7, 11) is 3.25. The molecule has 1 aromatic carbocycles. The lowest BCUT2D eigenvalue weighted by atomic mass is 10.1. The van der Waals surface area contributed by atoms with E-state index in [1.807, 2.05) is 23.1 Å². The number of ether oxygens (including phenoxy) is 2. The van der Waals surface area contributed by atoms with Crippen molar-refractivity contribution in [3.05, 3.63) is 23.8 Å². The summed E-state index contributed by atoms with van der Waals surface area (Å²) in [4.78, 5) is 16.9. The molecule has 1 heterocycles. The number of carbonyl (C=O) groups excluding carboxylic acids is 1. The predicted molar refractivity (Wildman–Crippen MR) is 95.7 cm³/mol. The highest BCUT2D eigenvalue weighted by molar-refractivity contribution is 5.76. The zero-order chi connectivity index (χ0) is 17.5. The third-order valence-electron chi connectivity index (χ3n) is 4.42. The first-order valence-corrected chi connectivity index (χ1v) is 8.74. The van der Waals surface area contributed by atoms with Crippen molar-refractivity contribution in [2.24, 2.45) is 5.92 Å². The Balaban J connectivity index is 1.81. The van der Waals surface area contributed by atoms with Gasteiger partial charge in [0.2, 0.25) is 5.91 Å². The summed E-state index contributed by atoms with van der Waals surface area (Å²) in [5.41, 5.74) is 1.10. The second-order valence-electron chi connectivity index (χ2n) is 6.76. The first-order chi connectivity index (χ1) is 11.5. The van der Waals surface area contributed by atoms with E-state index in [0.717, 1.165) is 44.7 Å². The van der Waals surface area contributed by atoms with Crippen LogP contribution in [0.2, 0.25) is 0 Å². The molecular weight excluding hydrogens is 304 g/mol. The van der Waals surface area contributed by atoms with E-state index in [2.05, 4.69) is 18.7 Å². The maximum atomic E-state index is 12.4. The number of piperazine rings is 1. The van der Waals surface area contributed by atoms with Gasteiger partial charge in [-0.05, 0) is 30.0 Å². The molecule has 0 atom stereocenters. The number of hydrogen-bond donors (Lipinski definition) is 0. The molecule has 1 aromatic rings. The van der Waals surface area contributed by atoms with Crippen LogP contribution in [-0.4, -0.2) is 62.7 Å². The van der Waals surface area contributed by atoms with Gasteiger partial charge in [-0.25, -0.2) is 0 Å². The van der Waals surface area contributed by atoms with E-state index < -0.39 is 0 Å². The minimum absolute atomic E-state index is 0.244. The molecule has 0 spiro atoms. The quantitative estimate of drug-likeness (QED) is 0.768. The van der Waals surface area contributed by atoms with E-state index in [9.17, 15) is 4.79 Å². The van der Waals surface area contributed by atoms with Crippen molar-refractivity contribution in [3.8, 4) is 11.5 Å². The molecule has 1 saturated heterocycles. The molecule has 1 aliphatic rings. The number of nitrogens with zero attached hydrogens (tertiary/aromatic N) is 2. The van der Waals surface area contributed by atoms with Gasteiger partial charge in [-0.2, -0.15) is 0 Å². The van der Waals surface area contributed by atoms with Crippen LogP contribution in [0.3, 0.4) is 0 Å². The van der Waals surface area contributed by atoms with Crippen molar-refractivity contribution in [2.75, 3.05) is 46.9 Å². The number of hydrogen-bond acceptors (Lipinski definition) is 4. The van der Waals surface area contributed by atoms with Crippen LogP contribution in [0.5, 0.6) is 11.5 Å². The van der Waals surface area contributed by atoms with Gasteiger partial charge in [-0.3, -0.25) is 9.69 Å². The highest BCUT2D eigenvalue weighted by Crippen LogP contribution is 2.28. The minimum atomic E-state index is 0.244. The number of benzene rings is 1. The molecule has 0 aliphatic carbocycles. The molecule has 0 N–H and O–H groups in total. The van der Waals surface area contributed by atoms with E-state index in [0.29, 0.717) is 23.8 Å². The van der Waals surface area contributed by atoms with Gasteiger partial charge in [-0.1, -0.05) is 19.9 Å². The van der Waals surface area contributed by atoms with E-state index in [4.69, 9.17) is 9.47 Å². The van der Waals surface area contributed by atoms with Crippen molar-refractivity contribution in [2.45, 2.75) is 26.7 Å². The third kappa shape index (κ3) is 5.13. The van der Waals surface area contributed by atoms with Crippen molar-refractivity contribution in [3.63, 3.8) is 0 Å². The molecule has 0 radical (unpaired) electrons. The lowest BCUT2D eigenvalue weighted by molar-refractivity contribution is -0.132. The van der Waals surface area contributed by atoms with Crippen LogP contribution in [0.1, 0.15) is 25.8 Å². The predicted octanol–water partition coefficient (Wildman–Crippen LogP) is 2.44. The highest BCUT2D eigenvalue weighted by atomic mass is 16.5. The molecule has 2 rings (SSSR count). The molecule has 0 aromatic heterocycles. The van der Waals surface area contributed by atoms with E-state index >= 15 is 0 Å². The summed E-state index contributed by atoms with van der Waals surface area (Å²) in [6, 6.07) is 5.84. The SMILES string of the molecule is COc1ccc(CCC(=O)N2CCN(CC(C)C)CC2)cc1OC. The van der Waals surface area contributed by atoms with Crippen LogP contribution >= 0.6 is 0 Å². The Morgan fingerprint density at radius 3 is 2.33 bits per heavy atom. The Hall–Kier alpha value is -1.75. The van der Waals surface area contributed by atoms with Gasteiger partial charge in [0.15, 0.2) is 11.5 Å². The van der Waals surface area contributed by atoms with Crippen LogP contribution in [0.25, 0.3) is 0 Å². The first kappa shape index (κ1) is 18.6. The first-order valence-electron chi connectivity index (χ1n) is 8.74. The van der Waals surface area contributed by atoms with Gasteiger partial charge >= 0.3 is 0 Å². The minimum Gasteiger partial charge on any atom is -0.493 e. The fourth-order valence-electron chi connectivity index (χ4n) is 3.14. The second-order valence-corrected chi connectivity index (χ2v) is 6.76. The fraction of sp³-hybridized carbons (Fsp3) is 0.632.